The van der Waals surface area contributed by atoms with Crippen molar-refractivity contribution in [3.63, 3.8) is 0 Å². The van der Waals surface area contributed by atoms with Crippen LogP contribution in [0.25, 0.3) is 11.0 Å². The molecule has 2 fully saturated rings. The summed E-state index contributed by atoms with van der Waals surface area (Å²) in [6, 6.07) is 13.4. The third-order valence-electron chi connectivity index (χ3n) is 7.41. The number of hydrogen-bond acceptors (Lipinski definition) is 4. The average molecular weight is 528 g/mol. The number of halogens is 2. The van der Waals surface area contributed by atoms with Crippen LogP contribution >= 0.6 is 23.2 Å². The number of nitrogens with zero attached hydrogens (tertiary/aromatic N) is 5. The fraction of sp³-hybridized carbons (Fsp3) is 0.444. The van der Waals surface area contributed by atoms with Gasteiger partial charge in [0.25, 0.3) is 5.91 Å². The number of carbonyl (C=O) groups is 2. The number of fused-ring (bicyclic) bond motifs is 1. The van der Waals surface area contributed by atoms with Crippen LogP contribution in [0.15, 0.2) is 42.5 Å². The summed E-state index contributed by atoms with van der Waals surface area (Å²) >= 11 is 12.3. The molecule has 1 aromatic heterocycles. The molecule has 0 aliphatic carbocycles. The molecule has 3 heterocycles. The lowest BCUT2D eigenvalue weighted by atomic mass is 9.95. The second kappa shape index (κ2) is 10.8. The van der Waals surface area contributed by atoms with Crippen molar-refractivity contribution in [2.75, 3.05) is 39.3 Å². The highest BCUT2D eigenvalue weighted by molar-refractivity contribution is 6.43. The Hall–Kier alpha value is -2.61. The van der Waals surface area contributed by atoms with Gasteiger partial charge in [0.15, 0.2) is 0 Å². The van der Waals surface area contributed by atoms with E-state index in [9.17, 15) is 9.59 Å². The number of para-hydroxylation sites is 2. The monoisotopic (exact) mass is 527 g/mol. The van der Waals surface area contributed by atoms with Crippen molar-refractivity contribution in [1.82, 2.24) is 24.3 Å². The van der Waals surface area contributed by atoms with Gasteiger partial charge < -0.3 is 14.4 Å². The molecule has 2 aromatic carbocycles. The van der Waals surface area contributed by atoms with E-state index >= 15 is 0 Å². The molecule has 2 aliphatic heterocycles. The molecule has 0 bridgehead atoms. The third-order valence-corrected chi connectivity index (χ3v) is 8.23. The topological polar surface area (TPSA) is 61.7 Å². The van der Waals surface area contributed by atoms with Gasteiger partial charge in [0.2, 0.25) is 5.91 Å². The minimum atomic E-state index is -0.138. The molecule has 0 unspecified atom stereocenters. The number of imidazole rings is 1. The number of carbonyl (C=O) groups excluding carboxylic acids is 2. The lowest BCUT2D eigenvalue weighted by Crippen LogP contribution is -2.53. The van der Waals surface area contributed by atoms with Crippen molar-refractivity contribution in [3.05, 3.63) is 63.9 Å². The van der Waals surface area contributed by atoms with Gasteiger partial charge in [-0.3, -0.25) is 14.5 Å². The molecule has 9 heteroatoms. The van der Waals surface area contributed by atoms with E-state index in [1.165, 1.54) is 5.52 Å². The fourth-order valence-corrected chi connectivity index (χ4v) is 5.75. The zero-order chi connectivity index (χ0) is 25.2. The maximum absolute atomic E-state index is 13.2. The predicted molar refractivity (Wildman–Crippen MR) is 142 cm³/mol. The van der Waals surface area contributed by atoms with Crippen molar-refractivity contribution in [2.24, 2.45) is 5.92 Å². The van der Waals surface area contributed by atoms with E-state index in [-0.39, 0.29) is 22.8 Å². The molecule has 0 radical (unpaired) electrons. The number of benzene rings is 2. The number of piperazine rings is 1. The summed E-state index contributed by atoms with van der Waals surface area (Å²) in [4.78, 5) is 37.1. The molecule has 0 N–H and O–H groups in total. The molecule has 2 amide bonds. The second-order valence-corrected chi connectivity index (χ2v) is 10.3. The molecule has 2 saturated heterocycles. The van der Waals surface area contributed by atoms with Gasteiger partial charge in [-0.1, -0.05) is 41.4 Å². The van der Waals surface area contributed by atoms with Crippen LogP contribution in [-0.2, 0) is 17.9 Å². The van der Waals surface area contributed by atoms with E-state index in [1.54, 1.807) is 23.1 Å². The molecular formula is C27H31Cl2N5O2. The fourth-order valence-electron chi connectivity index (χ4n) is 5.36. The normalized spacial score (nSPS) is 17.6. The van der Waals surface area contributed by atoms with E-state index < -0.39 is 0 Å². The first-order valence-corrected chi connectivity index (χ1v) is 13.4. The summed E-state index contributed by atoms with van der Waals surface area (Å²) in [6.07, 6.45) is 1.70. The van der Waals surface area contributed by atoms with Gasteiger partial charge >= 0.3 is 0 Å². The first-order chi connectivity index (χ1) is 17.5. The SMILES string of the molecule is CCn1c(CN2CCC(C(=O)N3CCN(C(=O)c4cccc(Cl)c4Cl)CC3)CC2)nc2ccccc21. The van der Waals surface area contributed by atoms with Crippen LogP contribution in [0.5, 0.6) is 0 Å². The second-order valence-electron chi connectivity index (χ2n) is 9.53. The molecule has 2 aliphatic rings. The van der Waals surface area contributed by atoms with Gasteiger partial charge in [0.05, 0.1) is 33.2 Å². The van der Waals surface area contributed by atoms with Gasteiger partial charge in [0.1, 0.15) is 5.82 Å². The Morgan fingerprint density at radius 2 is 1.61 bits per heavy atom. The van der Waals surface area contributed by atoms with Gasteiger partial charge in [-0.15, -0.1) is 0 Å². The predicted octanol–water partition coefficient (Wildman–Crippen LogP) is 4.56. The highest BCUT2D eigenvalue weighted by Crippen LogP contribution is 2.27. The summed E-state index contributed by atoms with van der Waals surface area (Å²) < 4.78 is 2.28. The number of hydrogen-bond donors (Lipinski definition) is 0. The van der Waals surface area contributed by atoms with Gasteiger partial charge in [-0.05, 0) is 57.1 Å². The van der Waals surface area contributed by atoms with Gasteiger partial charge in [-0.2, -0.15) is 0 Å². The van der Waals surface area contributed by atoms with Crippen LogP contribution in [0.2, 0.25) is 10.0 Å². The molecule has 36 heavy (non-hydrogen) atoms. The zero-order valence-corrected chi connectivity index (χ0v) is 22.0. The van der Waals surface area contributed by atoms with Crippen LogP contribution in [0, 0.1) is 5.92 Å². The van der Waals surface area contributed by atoms with Crippen LogP contribution in [0.3, 0.4) is 0 Å². The molecule has 0 saturated carbocycles. The smallest absolute Gasteiger partial charge is 0.255 e. The van der Waals surface area contributed by atoms with Gasteiger partial charge in [0, 0.05) is 38.6 Å². The Morgan fingerprint density at radius 3 is 2.33 bits per heavy atom. The number of amides is 2. The van der Waals surface area contributed by atoms with Crippen molar-refractivity contribution in [1.29, 1.82) is 0 Å². The summed E-state index contributed by atoms with van der Waals surface area (Å²) in [5.41, 5.74) is 2.62. The van der Waals surface area contributed by atoms with Crippen LogP contribution in [-0.4, -0.2) is 75.3 Å². The van der Waals surface area contributed by atoms with E-state index in [1.807, 2.05) is 11.0 Å². The highest BCUT2D eigenvalue weighted by atomic mass is 35.5. The number of piperidine rings is 1. The number of rotatable bonds is 5. The Bertz CT molecular complexity index is 1260. The standard InChI is InChI=1S/C27H31Cl2N5O2/c1-2-34-23-9-4-3-8-22(23)30-24(34)18-31-12-10-19(11-13-31)26(35)32-14-16-33(17-15-32)27(36)20-6-5-7-21(28)25(20)29/h3-9,19H,2,10-18H2,1H3. The number of likely N-dealkylation sites (tertiary alicyclic amines) is 1. The zero-order valence-electron chi connectivity index (χ0n) is 20.5. The maximum Gasteiger partial charge on any atom is 0.255 e. The lowest BCUT2D eigenvalue weighted by Gasteiger charge is -2.38. The van der Waals surface area contributed by atoms with Crippen molar-refractivity contribution >= 4 is 46.0 Å². The number of aromatic nitrogens is 2. The van der Waals surface area contributed by atoms with E-state index in [2.05, 4.69) is 34.6 Å². The lowest BCUT2D eigenvalue weighted by molar-refractivity contribution is -0.138. The third kappa shape index (κ3) is 4.97. The van der Waals surface area contributed by atoms with Crippen LogP contribution in [0.4, 0.5) is 0 Å². The van der Waals surface area contributed by atoms with E-state index in [0.717, 1.165) is 50.4 Å². The average Bonchev–Trinajstić information content (AvgIpc) is 3.27. The minimum Gasteiger partial charge on any atom is -0.339 e. The van der Waals surface area contributed by atoms with Gasteiger partial charge in [-0.25, -0.2) is 4.98 Å². The molecule has 5 rings (SSSR count). The minimum absolute atomic E-state index is 0.0378. The van der Waals surface area contributed by atoms with Crippen molar-refractivity contribution in [3.8, 4) is 0 Å². The van der Waals surface area contributed by atoms with Crippen molar-refractivity contribution in [2.45, 2.75) is 32.9 Å². The summed E-state index contributed by atoms with van der Waals surface area (Å²) in [7, 11) is 0. The maximum atomic E-state index is 13.2. The van der Waals surface area contributed by atoms with E-state index in [4.69, 9.17) is 28.2 Å². The molecule has 190 valence electrons. The molecular weight excluding hydrogens is 497 g/mol. The summed E-state index contributed by atoms with van der Waals surface area (Å²) in [5, 5.41) is 0.651. The molecule has 3 aromatic rings. The van der Waals surface area contributed by atoms with E-state index in [0.29, 0.717) is 36.8 Å². The molecule has 7 nitrogen and oxygen atoms in total. The Balaban J connectivity index is 1.13. The Kier molecular flexibility index (Phi) is 7.51. The van der Waals surface area contributed by atoms with Crippen molar-refractivity contribution < 1.29 is 9.59 Å². The summed E-state index contributed by atoms with van der Waals surface area (Å²) in [5.74, 6) is 1.20. The first kappa shape index (κ1) is 25.1. The van der Waals surface area contributed by atoms with Crippen LogP contribution < -0.4 is 0 Å². The highest BCUT2D eigenvalue weighted by Gasteiger charge is 2.32. The first-order valence-electron chi connectivity index (χ1n) is 12.6. The largest absolute Gasteiger partial charge is 0.339 e. The Morgan fingerprint density at radius 1 is 0.917 bits per heavy atom. The van der Waals surface area contributed by atoms with Crippen LogP contribution in [0.1, 0.15) is 35.9 Å². The summed E-state index contributed by atoms with van der Waals surface area (Å²) in [6.45, 7) is 7.70. The Labute approximate surface area is 221 Å². The number of aryl methyl sites for hydroxylation is 1. The molecule has 0 spiro atoms. The molecule has 0 atom stereocenters. The quantitative estimate of drug-likeness (QED) is 0.487.